The van der Waals surface area contributed by atoms with Crippen LogP contribution in [0.25, 0.3) is 0 Å². The van der Waals surface area contributed by atoms with Gasteiger partial charge in [0.25, 0.3) is 0 Å². The Hall–Kier alpha value is -0.590. The van der Waals surface area contributed by atoms with Crippen molar-refractivity contribution in [3.05, 3.63) is 17.1 Å². The Morgan fingerprint density at radius 2 is 2.22 bits per heavy atom. The van der Waals surface area contributed by atoms with Gasteiger partial charge in [0.2, 0.25) is 0 Å². The summed E-state index contributed by atoms with van der Waals surface area (Å²) in [5.74, 6) is 0. The average molecular weight is 274 g/mol. The minimum atomic E-state index is -0.819. The number of aromatic nitrogens is 1. The van der Waals surface area contributed by atoms with Crippen molar-refractivity contribution >= 4 is 11.5 Å². The van der Waals surface area contributed by atoms with Crippen LogP contribution in [0.5, 0.6) is 0 Å². The molecular formula is C12H16F2N2OS. The number of hydrogen-bond donors (Lipinski definition) is 1. The highest BCUT2D eigenvalue weighted by molar-refractivity contribution is 7.03. The van der Waals surface area contributed by atoms with Crippen molar-refractivity contribution in [1.29, 1.82) is 0 Å². The van der Waals surface area contributed by atoms with Gasteiger partial charge < -0.3 is 10.1 Å². The van der Waals surface area contributed by atoms with E-state index in [2.05, 4.69) is 9.69 Å². The highest BCUT2D eigenvalue weighted by Gasteiger charge is 2.60. The Bertz CT molecular complexity index is 400. The molecule has 18 heavy (non-hydrogen) atoms. The lowest BCUT2D eigenvalue weighted by molar-refractivity contribution is -0.213. The van der Waals surface area contributed by atoms with E-state index in [9.17, 15) is 8.78 Å². The molecule has 2 heterocycles. The Morgan fingerprint density at radius 1 is 1.44 bits per heavy atom. The third-order valence-corrected chi connectivity index (χ3v) is 4.67. The molecule has 1 saturated heterocycles. The van der Waals surface area contributed by atoms with Gasteiger partial charge >= 0.3 is 0 Å². The summed E-state index contributed by atoms with van der Waals surface area (Å²) in [6, 6.07) is 0.0104. The lowest BCUT2D eigenvalue weighted by Crippen LogP contribution is -2.64. The minimum Gasteiger partial charge on any atom is -0.372 e. The summed E-state index contributed by atoms with van der Waals surface area (Å²) in [7, 11) is 0. The summed E-state index contributed by atoms with van der Waals surface area (Å²) in [6.07, 6.45) is 2.70. The molecule has 0 aromatic carbocycles. The van der Waals surface area contributed by atoms with E-state index in [1.807, 2.05) is 11.6 Å². The Balaban J connectivity index is 1.82. The van der Waals surface area contributed by atoms with Gasteiger partial charge in [-0.25, -0.2) is 4.37 Å². The highest BCUT2D eigenvalue weighted by Crippen LogP contribution is 2.57. The molecule has 2 fully saturated rings. The predicted molar refractivity (Wildman–Crippen MR) is 65.2 cm³/mol. The molecule has 1 N–H and O–H groups in total. The third kappa shape index (κ3) is 1.78. The molecule has 3 nitrogen and oxygen atoms in total. The molecule has 1 aromatic heterocycles. The number of rotatable bonds is 3. The SMILES string of the molecule is FCC1(CF)CC2(C1)OCCNC2c1cnsc1. The normalized spacial score (nSPS) is 29.1. The first-order valence-corrected chi connectivity index (χ1v) is 6.96. The first-order valence-electron chi connectivity index (χ1n) is 6.12. The molecule has 1 saturated carbocycles. The van der Waals surface area contributed by atoms with Crippen molar-refractivity contribution in [2.45, 2.75) is 24.5 Å². The molecular weight excluding hydrogens is 258 g/mol. The molecule has 6 heteroatoms. The Morgan fingerprint density at radius 3 is 2.83 bits per heavy atom. The zero-order valence-electron chi connectivity index (χ0n) is 9.99. The van der Waals surface area contributed by atoms with Gasteiger partial charge in [-0.3, -0.25) is 8.78 Å². The average Bonchev–Trinajstić information content (AvgIpc) is 2.89. The number of halogens is 2. The quantitative estimate of drug-likeness (QED) is 0.918. The minimum absolute atomic E-state index is 0.0104. The van der Waals surface area contributed by atoms with Crippen LogP contribution in [0, 0.1) is 5.41 Å². The van der Waals surface area contributed by atoms with E-state index in [1.165, 1.54) is 11.5 Å². The Labute approximate surface area is 109 Å². The van der Waals surface area contributed by atoms with Crippen LogP contribution in [0.3, 0.4) is 0 Å². The number of nitrogens with one attached hydrogen (secondary N) is 1. The van der Waals surface area contributed by atoms with Crippen molar-refractivity contribution in [2.24, 2.45) is 5.41 Å². The van der Waals surface area contributed by atoms with Crippen LogP contribution in [-0.2, 0) is 4.74 Å². The van der Waals surface area contributed by atoms with Gasteiger partial charge in [0, 0.05) is 29.1 Å². The topological polar surface area (TPSA) is 34.1 Å². The lowest BCUT2D eigenvalue weighted by atomic mass is 9.56. The molecule has 1 aliphatic carbocycles. The molecule has 1 aliphatic heterocycles. The van der Waals surface area contributed by atoms with Crippen LogP contribution in [-0.4, -0.2) is 36.5 Å². The lowest BCUT2D eigenvalue weighted by Gasteiger charge is -2.58. The summed E-state index contributed by atoms with van der Waals surface area (Å²) in [5, 5.41) is 5.37. The van der Waals surface area contributed by atoms with Gasteiger partial charge in [0.15, 0.2) is 0 Å². The van der Waals surface area contributed by atoms with Gasteiger partial charge in [-0.1, -0.05) is 0 Å². The smallest absolute Gasteiger partial charge is 0.0977 e. The molecule has 1 unspecified atom stereocenters. The number of alkyl halides is 2. The van der Waals surface area contributed by atoms with E-state index >= 15 is 0 Å². The second kappa shape index (κ2) is 4.51. The fraction of sp³-hybridized carbons (Fsp3) is 0.750. The zero-order chi connectivity index (χ0) is 12.6. The van der Waals surface area contributed by atoms with Crippen LogP contribution < -0.4 is 5.32 Å². The van der Waals surface area contributed by atoms with Gasteiger partial charge in [0.05, 0.1) is 31.6 Å². The number of hydrogen-bond acceptors (Lipinski definition) is 4. The monoisotopic (exact) mass is 274 g/mol. The maximum Gasteiger partial charge on any atom is 0.0977 e. The summed E-state index contributed by atoms with van der Waals surface area (Å²) in [6.45, 7) is 0.148. The number of nitrogens with zero attached hydrogens (tertiary/aromatic N) is 1. The van der Waals surface area contributed by atoms with Crippen LogP contribution in [0.1, 0.15) is 24.4 Å². The van der Waals surface area contributed by atoms with Crippen LogP contribution in [0.2, 0.25) is 0 Å². The number of morpholine rings is 1. The summed E-state index contributed by atoms with van der Waals surface area (Å²) in [5.41, 5.74) is -0.203. The standard InChI is InChI=1S/C12H16F2N2OS/c13-7-11(8-14)5-12(6-11)10(15-1-2-17-12)9-3-16-18-4-9/h3-4,10,15H,1-2,5-8H2. The molecule has 1 aromatic rings. The molecule has 3 rings (SSSR count). The largest absolute Gasteiger partial charge is 0.372 e. The molecule has 1 atom stereocenters. The Kier molecular flexibility index (Phi) is 3.11. The van der Waals surface area contributed by atoms with Gasteiger partial charge in [0.1, 0.15) is 0 Å². The van der Waals surface area contributed by atoms with E-state index in [4.69, 9.17) is 4.74 Å². The maximum absolute atomic E-state index is 13.0. The van der Waals surface area contributed by atoms with Gasteiger partial charge in [-0.15, -0.1) is 0 Å². The summed E-state index contributed by atoms with van der Waals surface area (Å²) in [4.78, 5) is 0. The summed E-state index contributed by atoms with van der Waals surface area (Å²) >= 11 is 1.39. The molecule has 0 bridgehead atoms. The molecule has 0 radical (unpaired) electrons. The van der Waals surface area contributed by atoms with Crippen molar-refractivity contribution in [3.63, 3.8) is 0 Å². The van der Waals surface area contributed by atoms with E-state index < -0.39 is 24.4 Å². The fourth-order valence-corrected chi connectivity index (χ4v) is 3.81. The fourth-order valence-electron chi connectivity index (χ4n) is 3.25. The molecule has 1 spiro atoms. The van der Waals surface area contributed by atoms with Gasteiger partial charge in [-0.05, 0) is 24.4 Å². The second-order valence-electron chi connectivity index (χ2n) is 5.38. The van der Waals surface area contributed by atoms with Crippen LogP contribution >= 0.6 is 11.5 Å². The first-order chi connectivity index (χ1) is 8.74. The van der Waals surface area contributed by atoms with E-state index in [-0.39, 0.29) is 6.04 Å². The third-order valence-electron chi connectivity index (χ3n) is 4.07. The summed E-state index contributed by atoms with van der Waals surface area (Å²) < 4.78 is 35.9. The first kappa shape index (κ1) is 12.4. The van der Waals surface area contributed by atoms with E-state index in [1.54, 1.807) is 0 Å². The number of ether oxygens (including phenoxy) is 1. The van der Waals surface area contributed by atoms with Crippen molar-refractivity contribution < 1.29 is 13.5 Å². The van der Waals surface area contributed by atoms with Crippen molar-refractivity contribution in [2.75, 3.05) is 26.5 Å². The zero-order valence-corrected chi connectivity index (χ0v) is 10.8. The van der Waals surface area contributed by atoms with Gasteiger partial charge in [-0.2, -0.15) is 0 Å². The van der Waals surface area contributed by atoms with Crippen molar-refractivity contribution in [3.8, 4) is 0 Å². The van der Waals surface area contributed by atoms with Crippen molar-refractivity contribution in [1.82, 2.24) is 9.69 Å². The van der Waals surface area contributed by atoms with E-state index in [0.29, 0.717) is 19.4 Å². The predicted octanol–water partition coefficient (Wildman–Crippen LogP) is 2.26. The maximum atomic E-state index is 13.0. The molecule has 100 valence electrons. The van der Waals surface area contributed by atoms with E-state index in [0.717, 1.165) is 12.1 Å². The highest BCUT2D eigenvalue weighted by atomic mass is 32.1. The van der Waals surface area contributed by atoms with Crippen LogP contribution in [0.15, 0.2) is 11.6 Å². The van der Waals surface area contributed by atoms with Crippen LogP contribution in [0.4, 0.5) is 8.78 Å². The molecule has 2 aliphatic rings. The second-order valence-corrected chi connectivity index (χ2v) is 6.04. The molecule has 0 amide bonds.